The third-order valence-corrected chi connectivity index (χ3v) is 5.62. The van der Waals surface area contributed by atoms with E-state index in [4.69, 9.17) is 4.74 Å². The van der Waals surface area contributed by atoms with Gasteiger partial charge in [-0.2, -0.15) is 4.99 Å². The number of carbonyl (C=O) groups is 1. The van der Waals surface area contributed by atoms with E-state index in [0.29, 0.717) is 24.6 Å². The number of ether oxygens (including phenoxy) is 1. The average molecular weight is 336 g/mol. The molecule has 0 saturated carbocycles. The minimum Gasteiger partial charge on any atom is -0.375 e. The first-order valence-electron chi connectivity index (χ1n) is 7.78. The molecule has 2 atom stereocenters. The lowest BCUT2D eigenvalue weighted by Gasteiger charge is -2.40. The van der Waals surface area contributed by atoms with E-state index in [1.165, 1.54) is 23.9 Å². The number of carbonyl (C=O) groups excluding carboxylic acids is 1. The minimum atomic E-state index is -0.507. The Hall–Kier alpha value is -1.40. The molecule has 6 heteroatoms. The van der Waals surface area contributed by atoms with Gasteiger partial charge < -0.3 is 10.1 Å². The highest BCUT2D eigenvalue weighted by atomic mass is 32.2. The summed E-state index contributed by atoms with van der Waals surface area (Å²) in [6.07, 6.45) is 1.34. The number of aliphatic imine (C=N–C) groups is 1. The zero-order valence-electron chi connectivity index (χ0n) is 13.6. The van der Waals surface area contributed by atoms with Crippen molar-refractivity contribution in [2.75, 3.05) is 6.61 Å². The molecule has 3 rings (SSSR count). The van der Waals surface area contributed by atoms with Crippen molar-refractivity contribution in [1.82, 2.24) is 5.32 Å². The highest BCUT2D eigenvalue weighted by molar-refractivity contribution is 8.16. The summed E-state index contributed by atoms with van der Waals surface area (Å²) in [6.45, 7) is 6.56. The standard InChI is InChI=1S/C17H21FN2O2S/c1-11(12-4-6-13(18)7-5-12)19-15-20-14(21)17(23-15)8-9-22-16(2,3)10-17/h4-7,11H,8-10H2,1-3H3,(H,19,20,21)/t11-,17?/m0/s1. The SMILES string of the molecule is C[C@H](NC1=NC(=O)C2(CCOC(C)(C)C2)S1)c1ccc(F)cc1. The second-order valence-corrected chi connectivity index (χ2v) is 8.14. The van der Waals surface area contributed by atoms with Crippen LogP contribution in [0.4, 0.5) is 4.39 Å². The third kappa shape index (κ3) is 3.43. The van der Waals surface area contributed by atoms with Crippen LogP contribution in [0.2, 0.25) is 0 Å². The normalized spacial score (nSPS) is 27.8. The molecule has 2 aliphatic rings. The molecule has 23 heavy (non-hydrogen) atoms. The Bertz CT molecular complexity index is 644. The van der Waals surface area contributed by atoms with E-state index in [2.05, 4.69) is 10.3 Å². The molecule has 1 aromatic rings. The van der Waals surface area contributed by atoms with Crippen LogP contribution in [-0.2, 0) is 9.53 Å². The lowest BCUT2D eigenvalue weighted by atomic mass is 9.87. The first-order chi connectivity index (χ1) is 10.8. The van der Waals surface area contributed by atoms with Gasteiger partial charge in [-0.25, -0.2) is 4.39 Å². The molecule has 1 fully saturated rings. The van der Waals surface area contributed by atoms with Gasteiger partial charge in [0, 0.05) is 13.0 Å². The molecule has 0 bridgehead atoms. The Morgan fingerprint density at radius 3 is 2.70 bits per heavy atom. The van der Waals surface area contributed by atoms with Crippen LogP contribution >= 0.6 is 11.8 Å². The van der Waals surface area contributed by atoms with Crippen molar-refractivity contribution < 1.29 is 13.9 Å². The van der Waals surface area contributed by atoms with Crippen molar-refractivity contribution in [1.29, 1.82) is 0 Å². The maximum absolute atomic E-state index is 13.0. The van der Waals surface area contributed by atoms with Gasteiger partial charge in [-0.3, -0.25) is 4.79 Å². The van der Waals surface area contributed by atoms with Crippen molar-refractivity contribution in [3.63, 3.8) is 0 Å². The van der Waals surface area contributed by atoms with Crippen LogP contribution < -0.4 is 5.32 Å². The molecule has 1 saturated heterocycles. The number of nitrogens with one attached hydrogen (secondary N) is 1. The summed E-state index contributed by atoms with van der Waals surface area (Å²) in [5.74, 6) is -0.334. The van der Waals surface area contributed by atoms with Crippen molar-refractivity contribution in [3.05, 3.63) is 35.6 Å². The molecule has 0 radical (unpaired) electrons. The van der Waals surface area contributed by atoms with Crippen LogP contribution in [0.15, 0.2) is 29.3 Å². The maximum atomic E-state index is 13.0. The Morgan fingerprint density at radius 2 is 2.04 bits per heavy atom. The number of rotatable bonds is 2. The van der Waals surface area contributed by atoms with Crippen molar-refractivity contribution in [2.45, 2.75) is 50.0 Å². The number of hydrogen-bond acceptors (Lipinski definition) is 4. The first kappa shape index (κ1) is 16.5. The molecular weight excluding hydrogens is 315 g/mol. The molecule has 1 spiro atoms. The summed E-state index contributed by atoms with van der Waals surface area (Å²) in [6, 6.07) is 6.30. The topological polar surface area (TPSA) is 50.7 Å². The zero-order valence-corrected chi connectivity index (χ0v) is 14.4. The monoisotopic (exact) mass is 336 g/mol. The van der Waals surface area contributed by atoms with Crippen LogP contribution in [-0.4, -0.2) is 28.0 Å². The second-order valence-electron chi connectivity index (χ2n) is 6.77. The fourth-order valence-corrected chi connectivity index (χ4v) is 4.59. The van der Waals surface area contributed by atoms with Gasteiger partial charge in [0.05, 0.1) is 11.6 Å². The number of thioether (sulfide) groups is 1. The largest absolute Gasteiger partial charge is 0.375 e. The molecular formula is C17H21FN2O2S. The summed E-state index contributed by atoms with van der Waals surface area (Å²) in [4.78, 5) is 16.7. The van der Waals surface area contributed by atoms with Gasteiger partial charge >= 0.3 is 0 Å². The zero-order chi connectivity index (χ0) is 16.7. The van der Waals surface area contributed by atoms with E-state index in [1.54, 1.807) is 12.1 Å². The number of amidine groups is 1. The Labute approximate surface area is 139 Å². The van der Waals surface area contributed by atoms with Gasteiger partial charge in [-0.05, 0) is 44.9 Å². The summed E-state index contributed by atoms with van der Waals surface area (Å²) >= 11 is 1.51. The Kier molecular flexibility index (Phi) is 4.23. The number of benzene rings is 1. The highest BCUT2D eigenvalue weighted by Gasteiger charge is 2.51. The molecule has 0 aliphatic carbocycles. The first-order valence-corrected chi connectivity index (χ1v) is 8.59. The van der Waals surface area contributed by atoms with Crippen molar-refractivity contribution >= 4 is 22.8 Å². The quantitative estimate of drug-likeness (QED) is 0.899. The van der Waals surface area contributed by atoms with Crippen LogP contribution in [0.3, 0.4) is 0 Å². The summed E-state index contributed by atoms with van der Waals surface area (Å²) < 4.78 is 18.2. The molecule has 1 amide bonds. The van der Waals surface area contributed by atoms with Gasteiger partial charge in [-0.15, -0.1) is 0 Å². The molecule has 1 unspecified atom stereocenters. The molecule has 124 valence electrons. The number of nitrogens with zero attached hydrogens (tertiary/aromatic N) is 1. The van der Waals surface area contributed by atoms with E-state index in [0.717, 1.165) is 5.56 Å². The average Bonchev–Trinajstić information content (AvgIpc) is 2.73. The number of hydrogen-bond donors (Lipinski definition) is 1. The van der Waals surface area contributed by atoms with Gasteiger partial charge in [0.25, 0.3) is 5.91 Å². The van der Waals surface area contributed by atoms with Crippen LogP contribution in [0.25, 0.3) is 0 Å². The number of halogens is 1. The Morgan fingerprint density at radius 1 is 1.35 bits per heavy atom. The smallest absolute Gasteiger partial charge is 0.264 e. The van der Waals surface area contributed by atoms with E-state index in [9.17, 15) is 9.18 Å². The lowest BCUT2D eigenvalue weighted by Crippen LogP contribution is -2.47. The van der Waals surface area contributed by atoms with E-state index in [1.807, 2.05) is 20.8 Å². The van der Waals surface area contributed by atoms with E-state index >= 15 is 0 Å². The van der Waals surface area contributed by atoms with Crippen LogP contribution in [0.5, 0.6) is 0 Å². The Balaban J connectivity index is 1.70. The maximum Gasteiger partial charge on any atom is 0.264 e. The fraction of sp³-hybridized carbons (Fsp3) is 0.529. The predicted octanol–water partition coefficient (Wildman–Crippen LogP) is 3.43. The van der Waals surface area contributed by atoms with Gasteiger partial charge in [0.15, 0.2) is 5.17 Å². The number of amides is 1. The van der Waals surface area contributed by atoms with Gasteiger partial charge in [0.2, 0.25) is 0 Å². The summed E-state index contributed by atoms with van der Waals surface area (Å²) in [5, 5.41) is 3.92. The molecule has 4 nitrogen and oxygen atoms in total. The molecule has 1 N–H and O–H groups in total. The van der Waals surface area contributed by atoms with E-state index in [-0.39, 0.29) is 23.4 Å². The van der Waals surface area contributed by atoms with Gasteiger partial charge in [-0.1, -0.05) is 23.9 Å². The molecule has 1 aromatic carbocycles. The molecule has 0 aromatic heterocycles. The van der Waals surface area contributed by atoms with E-state index < -0.39 is 4.75 Å². The van der Waals surface area contributed by atoms with Crippen LogP contribution in [0, 0.1) is 5.82 Å². The second kappa shape index (κ2) is 5.91. The van der Waals surface area contributed by atoms with Gasteiger partial charge in [0.1, 0.15) is 10.6 Å². The predicted molar refractivity (Wildman–Crippen MR) is 90.0 cm³/mol. The third-order valence-electron chi connectivity index (χ3n) is 4.30. The fourth-order valence-electron chi connectivity index (χ4n) is 3.12. The van der Waals surface area contributed by atoms with Crippen molar-refractivity contribution in [3.8, 4) is 0 Å². The lowest BCUT2D eigenvalue weighted by molar-refractivity contribution is -0.128. The summed E-state index contributed by atoms with van der Waals surface area (Å²) in [5.41, 5.74) is 0.643. The van der Waals surface area contributed by atoms with Crippen LogP contribution in [0.1, 0.15) is 45.2 Å². The minimum absolute atomic E-state index is 0.0438. The molecule has 2 heterocycles. The molecule has 2 aliphatic heterocycles. The highest BCUT2D eigenvalue weighted by Crippen LogP contribution is 2.46. The summed E-state index contributed by atoms with van der Waals surface area (Å²) in [7, 11) is 0. The van der Waals surface area contributed by atoms with Crippen molar-refractivity contribution in [2.24, 2.45) is 4.99 Å².